The minimum atomic E-state index is -0.837. The fraction of sp³-hybridized carbons (Fsp3) is 0.529. The molecule has 2 heterocycles. The van der Waals surface area contributed by atoms with Crippen molar-refractivity contribution in [2.45, 2.75) is 12.8 Å². The summed E-state index contributed by atoms with van der Waals surface area (Å²) in [6.45, 7) is 1.77. The highest BCUT2D eigenvalue weighted by Crippen LogP contribution is 2.44. The van der Waals surface area contributed by atoms with E-state index in [9.17, 15) is 18.4 Å². The first-order valence-electron chi connectivity index (χ1n) is 8.25. The van der Waals surface area contributed by atoms with Gasteiger partial charge in [0.1, 0.15) is 11.6 Å². The number of carbonyl (C=O) groups is 2. The van der Waals surface area contributed by atoms with Gasteiger partial charge in [-0.3, -0.25) is 4.79 Å². The molecule has 136 valence electrons. The quantitative estimate of drug-likeness (QED) is 0.854. The van der Waals surface area contributed by atoms with Crippen molar-refractivity contribution < 1.29 is 23.1 Å². The molecule has 2 saturated heterocycles. The molecule has 1 spiro atoms. The molecule has 1 atom stereocenters. The Kier molecular flexibility index (Phi) is 4.89. The number of nitrogens with one attached hydrogen (secondary N) is 2. The molecule has 2 aliphatic heterocycles. The lowest BCUT2D eigenvalue weighted by molar-refractivity contribution is -0.129. The van der Waals surface area contributed by atoms with E-state index in [4.69, 9.17) is 4.74 Å². The Morgan fingerprint density at radius 2 is 2.00 bits per heavy atom. The summed E-state index contributed by atoms with van der Waals surface area (Å²) in [4.78, 5) is 26.3. The number of benzene rings is 1. The Morgan fingerprint density at radius 1 is 1.28 bits per heavy atom. The standard InChI is InChI=1S/C17H21F2N3O3/c1-20-15(23)12-9-22(10-17(12)4-6-25-7-5-17)16(24)21-14-3-2-11(18)8-13(14)19/h2-3,8,12H,4-7,9-10H2,1H3,(H,20,23)(H,21,24). The minimum Gasteiger partial charge on any atom is -0.381 e. The maximum Gasteiger partial charge on any atom is 0.321 e. The number of anilines is 1. The highest BCUT2D eigenvalue weighted by Gasteiger charge is 2.51. The third-order valence-electron chi connectivity index (χ3n) is 5.16. The summed E-state index contributed by atoms with van der Waals surface area (Å²) >= 11 is 0. The summed E-state index contributed by atoms with van der Waals surface area (Å²) in [5.41, 5.74) is -0.410. The van der Waals surface area contributed by atoms with Gasteiger partial charge in [-0.15, -0.1) is 0 Å². The molecule has 6 nitrogen and oxygen atoms in total. The minimum absolute atomic E-state index is 0.0872. The number of rotatable bonds is 2. The summed E-state index contributed by atoms with van der Waals surface area (Å²) in [7, 11) is 1.58. The second-order valence-corrected chi connectivity index (χ2v) is 6.58. The normalized spacial score (nSPS) is 22.0. The monoisotopic (exact) mass is 353 g/mol. The van der Waals surface area contributed by atoms with Crippen molar-refractivity contribution in [2.24, 2.45) is 11.3 Å². The molecule has 3 amide bonds. The number of hydrogen-bond acceptors (Lipinski definition) is 3. The number of ether oxygens (including phenoxy) is 1. The fourth-order valence-electron chi connectivity index (χ4n) is 3.73. The van der Waals surface area contributed by atoms with Gasteiger partial charge in [0.25, 0.3) is 0 Å². The van der Waals surface area contributed by atoms with Crippen LogP contribution >= 0.6 is 0 Å². The van der Waals surface area contributed by atoms with E-state index in [-0.39, 0.29) is 29.5 Å². The lowest BCUT2D eigenvalue weighted by Crippen LogP contribution is -2.43. The van der Waals surface area contributed by atoms with Crippen LogP contribution in [0.25, 0.3) is 0 Å². The van der Waals surface area contributed by atoms with E-state index < -0.39 is 17.7 Å². The van der Waals surface area contributed by atoms with E-state index >= 15 is 0 Å². The van der Waals surface area contributed by atoms with Gasteiger partial charge in [0.05, 0.1) is 11.6 Å². The fourth-order valence-corrected chi connectivity index (χ4v) is 3.73. The van der Waals surface area contributed by atoms with Crippen LogP contribution in [0.4, 0.5) is 19.3 Å². The maximum atomic E-state index is 13.8. The van der Waals surface area contributed by atoms with E-state index in [1.54, 1.807) is 7.05 Å². The largest absolute Gasteiger partial charge is 0.381 e. The molecule has 1 aromatic rings. The third kappa shape index (κ3) is 3.44. The molecule has 0 saturated carbocycles. The van der Waals surface area contributed by atoms with Crippen LogP contribution in [0, 0.1) is 23.0 Å². The molecule has 0 aromatic heterocycles. The van der Waals surface area contributed by atoms with Crippen LogP contribution in [0.15, 0.2) is 18.2 Å². The predicted octanol–water partition coefficient (Wildman–Crippen LogP) is 1.97. The SMILES string of the molecule is CNC(=O)C1CN(C(=O)Nc2ccc(F)cc2F)CC12CCOCC2. The number of hydrogen-bond donors (Lipinski definition) is 2. The Labute approximate surface area is 144 Å². The van der Waals surface area contributed by atoms with Gasteiger partial charge in [-0.25, -0.2) is 13.6 Å². The maximum absolute atomic E-state index is 13.8. The zero-order valence-electron chi connectivity index (χ0n) is 14.0. The summed E-state index contributed by atoms with van der Waals surface area (Å²) in [6, 6.07) is 2.48. The predicted molar refractivity (Wildman–Crippen MR) is 87.0 cm³/mol. The highest BCUT2D eigenvalue weighted by atomic mass is 19.1. The molecule has 0 aliphatic carbocycles. The van der Waals surface area contributed by atoms with E-state index in [0.717, 1.165) is 6.07 Å². The lowest BCUT2D eigenvalue weighted by Gasteiger charge is -2.36. The average Bonchev–Trinajstić information content (AvgIpc) is 2.96. The second kappa shape index (κ2) is 6.95. The molecule has 0 radical (unpaired) electrons. The molecule has 1 unspecified atom stereocenters. The Hall–Kier alpha value is -2.22. The zero-order valence-corrected chi connectivity index (χ0v) is 14.0. The molecule has 2 fully saturated rings. The molecule has 2 aliphatic rings. The van der Waals surface area contributed by atoms with Crippen LogP contribution in [-0.2, 0) is 9.53 Å². The van der Waals surface area contributed by atoms with Gasteiger partial charge in [0.15, 0.2) is 0 Å². The number of halogens is 2. The van der Waals surface area contributed by atoms with E-state index in [0.29, 0.717) is 38.7 Å². The first kappa shape index (κ1) is 17.6. The number of amides is 3. The van der Waals surface area contributed by atoms with E-state index in [1.807, 2.05) is 0 Å². The van der Waals surface area contributed by atoms with Crippen molar-refractivity contribution in [1.29, 1.82) is 0 Å². The zero-order chi connectivity index (χ0) is 18.0. The van der Waals surface area contributed by atoms with Crippen LogP contribution in [0.3, 0.4) is 0 Å². The third-order valence-corrected chi connectivity index (χ3v) is 5.16. The first-order valence-corrected chi connectivity index (χ1v) is 8.25. The summed E-state index contributed by atoms with van der Waals surface area (Å²) < 4.78 is 32.1. The number of carbonyl (C=O) groups excluding carboxylic acids is 2. The topological polar surface area (TPSA) is 70.7 Å². The van der Waals surface area contributed by atoms with Crippen LogP contribution in [0.2, 0.25) is 0 Å². The van der Waals surface area contributed by atoms with Crippen molar-refractivity contribution in [3.63, 3.8) is 0 Å². The van der Waals surface area contributed by atoms with Gasteiger partial charge in [0, 0.05) is 44.8 Å². The van der Waals surface area contributed by atoms with Crippen molar-refractivity contribution in [3.05, 3.63) is 29.8 Å². The Bertz CT molecular complexity index is 677. The summed E-state index contributed by atoms with van der Waals surface area (Å²) in [6.07, 6.45) is 1.39. The van der Waals surface area contributed by atoms with Gasteiger partial charge in [0.2, 0.25) is 5.91 Å². The molecule has 1 aromatic carbocycles. The van der Waals surface area contributed by atoms with Crippen molar-refractivity contribution >= 4 is 17.6 Å². The van der Waals surface area contributed by atoms with Crippen molar-refractivity contribution in [2.75, 3.05) is 38.7 Å². The highest BCUT2D eigenvalue weighted by molar-refractivity contribution is 5.91. The van der Waals surface area contributed by atoms with Gasteiger partial charge in [-0.05, 0) is 25.0 Å². The van der Waals surface area contributed by atoms with Gasteiger partial charge in [-0.2, -0.15) is 0 Å². The lowest BCUT2D eigenvalue weighted by atomic mass is 9.72. The number of nitrogens with zero attached hydrogens (tertiary/aromatic N) is 1. The molecule has 0 bridgehead atoms. The number of likely N-dealkylation sites (tertiary alicyclic amines) is 1. The smallest absolute Gasteiger partial charge is 0.321 e. The van der Waals surface area contributed by atoms with Gasteiger partial charge in [-0.1, -0.05) is 0 Å². The number of urea groups is 1. The van der Waals surface area contributed by atoms with Crippen LogP contribution < -0.4 is 10.6 Å². The van der Waals surface area contributed by atoms with E-state index in [1.165, 1.54) is 11.0 Å². The van der Waals surface area contributed by atoms with Crippen LogP contribution in [0.5, 0.6) is 0 Å². The van der Waals surface area contributed by atoms with Crippen molar-refractivity contribution in [1.82, 2.24) is 10.2 Å². The van der Waals surface area contributed by atoms with Crippen molar-refractivity contribution in [3.8, 4) is 0 Å². The molecular formula is C17H21F2N3O3. The first-order chi connectivity index (χ1) is 11.9. The summed E-state index contributed by atoms with van der Waals surface area (Å²) in [5.74, 6) is -1.98. The average molecular weight is 353 g/mol. The Morgan fingerprint density at radius 3 is 2.64 bits per heavy atom. The second-order valence-electron chi connectivity index (χ2n) is 6.58. The van der Waals surface area contributed by atoms with Gasteiger partial charge >= 0.3 is 6.03 Å². The Balaban J connectivity index is 1.76. The van der Waals surface area contributed by atoms with E-state index in [2.05, 4.69) is 10.6 Å². The molecule has 2 N–H and O–H groups in total. The molecular weight excluding hydrogens is 332 g/mol. The molecule has 3 rings (SSSR count). The van der Waals surface area contributed by atoms with Gasteiger partial charge < -0.3 is 20.3 Å². The molecule has 25 heavy (non-hydrogen) atoms. The molecule has 8 heteroatoms. The van der Waals surface area contributed by atoms with Crippen LogP contribution in [0.1, 0.15) is 12.8 Å². The summed E-state index contributed by atoms with van der Waals surface area (Å²) in [5, 5.41) is 5.12. The van der Waals surface area contributed by atoms with Crippen LogP contribution in [-0.4, -0.2) is 50.2 Å².